The van der Waals surface area contributed by atoms with Crippen LogP contribution in [-0.2, 0) is 0 Å². The van der Waals surface area contributed by atoms with E-state index in [4.69, 9.17) is 5.84 Å². The molecule has 0 aliphatic carbocycles. The van der Waals surface area contributed by atoms with Crippen LogP contribution in [0.4, 0.5) is 11.4 Å². The molecule has 1 aromatic heterocycles. The van der Waals surface area contributed by atoms with Crippen LogP contribution in [0.15, 0.2) is 42.7 Å². The van der Waals surface area contributed by atoms with Gasteiger partial charge in [-0.1, -0.05) is 18.2 Å². The van der Waals surface area contributed by atoms with Crippen molar-refractivity contribution in [3.05, 3.63) is 53.9 Å². The molecular weight excluding hydrogens is 240 g/mol. The standard InChI is InChI=1S/C14H16N4O/c1-10-5-3-4-6-13(10)18(2)14(19)11-9-16-8-7-12(11)17-15/h3-9H,15H2,1-2H3,(H,16,17). The van der Waals surface area contributed by atoms with Crippen molar-refractivity contribution in [2.75, 3.05) is 17.4 Å². The summed E-state index contributed by atoms with van der Waals surface area (Å²) in [6.45, 7) is 1.96. The van der Waals surface area contributed by atoms with E-state index in [9.17, 15) is 4.79 Å². The largest absolute Gasteiger partial charge is 0.323 e. The maximum absolute atomic E-state index is 12.5. The Hall–Kier alpha value is -2.40. The summed E-state index contributed by atoms with van der Waals surface area (Å²) in [7, 11) is 1.73. The summed E-state index contributed by atoms with van der Waals surface area (Å²) in [5, 5.41) is 0. The predicted molar refractivity (Wildman–Crippen MR) is 76.0 cm³/mol. The first-order valence-electron chi connectivity index (χ1n) is 5.89. The average molecular weight is 256 g/mol. The monoisotopic (exact) mass is 256 g/mol. The number of benzene rings is 1. The van der Waals surface area contributed by atoms with E-state index in [-0.39, 0.29) is 5.91 Å². The maximum atomic E-state index is 12.5. The molecule has 5 nitrogen and oxygen atoms in total. The van der Waals surface area contributed by atoms with Crippen molar-refractivity contribution in [3.63, 3.8) is 0 Å². The van der Waals surface area contributed by atoms with Gasteiger partial charge in [-0.15, -0.1) is 0 Å². The molecule has 1 amide bonds. The van der Waals surface area contributed by atoms with Crippen molar-refractivity contribution in [2.45, 2.75) is 6.92 Å². The van der Waals surface area contributed by atoms with E-state index in [1.807, 2.05) is 31.2 Å². The van der Waals surface area contributed by atoms with Crippen LogP contribution in [0, 0.1) is 6.92 Å². The Bertz CT molecular complexity index is 598. The summed E-state index contributed by atoms with van der Waals surface area (Å²) in [5.74, 6) is 5.25. The third kappa shape index (κ3) is 2.56. The highest BCUT2D eigenvalue weighted by Crippen LogP contribution is 2.22. The summed E-state index contributed by atoms with van der Waals surface area (Å²) >= 11 is 0. The van der Waals surface area contributed by atoms with Gasteiger partial charge in [-0.2, -0.15) is 0 Å². The van der Waals surface area contributed by atoms with E-state index in [1.165, 1.54) is 6.20 Å². The lowest BCUT2D eigenvalue weighted by Gasteiger charge is -2.20. The summed E-state index contributed by atoms with van der Waals surface area (Å²) in [6, 6.07) is 9.37. The molecule has 0 aliphatic heterocycles. The quantitative estimate of drug-likeness (QED) is 0.650. The SMILES string of the molecule is Cc1ccccc1N(C)C(=O)c1cnccc1NN. The fraction of sp³-hybridized carbons (Fsp3) is 0.143. The molecule has 0 aliphatic rings. The lowest BCUT2D eigenvalue weighted by Crippen LogP contribution is -2.28. The Morgan fingerprint density at radius 3 is 2.74 bits per heavy atom. The number of para-hydroxylation sites is 1. The molecule has 2 rings (SSSR count). The second kappa shape index (κ2) is 5.49. The van der Waals surface area contributed by atoms with Gasteiger partial charge >= 0.3 is 0 Å². The molecule has 0 saturated carbocycles. The Balaban J connectivity index is 2.37. The number of carbonyl (C=O) groups excluding carboxylic acids is 1. The van der Waals surface area contributed by atoms with Crippen molar-refractivity contribution < 1.29 is 4.79 Å². The van der Waals surface area contributed by atoms with Crippen molar-refractivity contribution >= 4 is 17.3 Å². The van der Waals surface area contributed by atoms with Crippen molar-refractivity contribution in [1.29, 1.82) is 0 Å². The van der Waals surface area contributed by atoms with Gasteiger partial charge in [-0.05, 0) is 24.6 Å². The fourth-order valence-corrected chi connectivity index (χ4v) is 1.92. The molecule has 19 heavy (non-hydrogen) atoms. The molecule has 0 saturated heterocycles. The first-order valence-corrected chi connectivity index (χ1v) is 5.89. The highest BCUT2D eigenvalue weighted by Gasteiger charge is 2.18. The molecule has 5 heteroatoms. The number of hydrazine groups is 1. The van der Waals surface area contributed by atoms with E-state index in [1.54, 1.807) is 24.2 Å². The molecule has 0 unspecified atom stereocenters. The molecule has 3 N–H and O–H groups in total. The number of nitrogens with one attached hydrogen (secondary N) is 1. The Kier molecular flexibility index (Phi) is 3.77. The lowest BCUT2D eigenvalue weighted by molar-refractivity contribution is 0.0993. The molecule has 0 fully saturated rings. The van der Waals surface area contributed by atoms with Crippen LogP contribution in [0.2, 0.25) is 0 Å². The van der Waals surface area contributed by atoms with Crippen LogP contribution in [0.3, 0.4) is 0 Å². The Labute approximate surface area is 112 Å². The van der Waals surface area contributed by atoms with Gasteiger partial charge in [0.15, 0.2) is 0 Å². The van der Waals surface area contributed by atoms with Crippen LogP contribution < -0.4 is 16.2 Å². The number of hydrogen-bond acceptors (Lipinski definition) is 4. The van der Waals surface area contributed by atoms with E-state index in [2.05, 4.69) is 10.4 Å². The van der Waals surface area contributed by atoms with E-state index < -0.39 is 0 Å². The van der Waals surface area contributed by atoms with Crippen molar-refractivity contribution in [1.82, 2.24) is 4.98 Å². The fourth-order valence-electron chi connectivity index (χ4n) is 1.92. The molecule has 0 spiro atoms. The minimum absolute atomic E-state index is 0.157. The normalized spacial score (nSPS) is 10.1. The van der Waals surface area contributed by atoms with E-state index >= 15 is 0 Å². The van der Waals surface area contributed by atoms with Gasteiger partial charge in [0.2, 0.25) is 0 Å². The van der Waals surface area contributed by atoms with Crippen molar-refractivity contribution in [3.8, 4) is 0 Å². The molecule has 0 atom stereocenters. The average Bonchev–Trinajstić information content (AvgIpc) is 2.46. The molecule has 1 aromatic carbocycles. The molecule has 0 bridgehead atoms. The number of pyridine rings is 1. The molecule has 98 valence electrons. The first-order chi connectivity index (χ1) is 9.15. The maximum Gasteiger partial charge on any atom is 0.261 e. The zero-order valence-electron chi connectivity index (χ0n) is 10.9. The highest BCUT2D eigenvalue weighted by molar-refractivity contribution is 6.09. The zero-order valence-corrected chi connectivity index (χ0v) is 10.9. The van der Waals surface area contributed by atoms with Gasteiger partial charge in [0.25, 0.3) is 5.91 Å². The number of rotatable bonds is 3. The number of amides is 1. The van der Waals surface area contributed by atoms with E-state index in [0.29, 0.717) is 11.3 Å². The van der Waals surface area contributed by atoms with Gasteiger partial charge in [-0.3, -0.25) is 15.6 Å². The second-order valence-electron chi connectivity index (χ2n) is 4.22. The van der Waals surface area contributed by atoms with Crippen LogP contribution in [0.25, 0.3) is 0 Å². The lowest BCUT2D eigenvalue weighted by atomic mass is 10.1. The predicted octanol–water partition coefficient (Wildman–Crippen LogP) is 1.95. The first kappa shape index (κ1) is 13.0. The van der Waals surface area contributed by atoms with Gasteiger partial charge in [0.05, 0.1) is 11.3 Å². The third-order valence-electron chi connectivity index (χ3n) is 2.99. The molecule has 2 aromatic rings. The summed E-state index contributed by atoms with van der Waals surface area (Å²) in [6.07, 6.45) is 3.09. The van der Waals surface area contributed by atoms with Crippen molar-refractivity contribution in [2.24, 2.45) is 5.84 Å². The van der Waals surface area contributed by atoms with Crippen LogP contribution >= 0.6 is 0 Å². The van der Waals surface area contributed by atoms with Crippen LogP contribution in [0.5, 0.6) is 0 Å². The number of aromatic nitrogens is 1. The van der Waals surface area contributed by atoms with E-state index in [0.717, 1.165) is 11.3 Å². The molecular formula is C14H16N4O. The number of carbonyl (C=O) groups is 1. The van der Waals surface area contributed by atoms with Gasteiger partial charge in [0.1, 0.15) is 0 Å². The van der Waals surface area contributed by atoms with Crippen LogP contribution in [-0.4, -0.2) is 17.9 Å². The third-order valence-corrected chi connectivity index (χ3v) is 2.99. The number of hydrogen-bond donors (Lipinski definition) is 2. The minimum atomic E-state index is -0.157. The number of nitrogens with zero attached hydrogens (tertiary/aromatic N) is 2. The van der Waals surface area contributed by atoms with Gasteiger partial charge in [-0.25, -0.2) is 0 Å². The number of nitrogens with two attached hydrogens (primary N) is 1. The molecule has 0 radical (unpaired) electrons. The summed E-state index contributed by atoms with van der Waals surface area (Å²) in [4.78, 5) is 18.0. The Morgan fingerprint density at radius 2 is 2.05 bits per heavy atom. The Morgan fingerprint density at radius 1 is 1.32 bits per heavy atom. The smallest absolute Gasteiger partial charge is 0.261 e. The number of nitrogen functional groups attached to an aromatic ring is 1. The van der Waals surface area contributed by atoms with Crippen LogP contribution in [0.1, 0.15) is 15.9 Å². The van der Waals surface area contributed by atoms with Gasteiger partial charge < -0.3 is 10.3 Å². The highest BCUT2D eigenvalue weighted by atomic mass is 16.2. The minimum Gasteiger partial charge on any atom is -0.323 e. The number of anilines is 2. The number of aryl methyl sites for hydroxylation is 1. The van der Waals surface area contributed by atoms with Gasteiger partial charge in [0, 0.05) is 25.1 Å². The zero-order chi connectivity index (χ0) is 13.8. The molecule has 1 heterocycles. The topological polar surface area (TPSA) is 71.2 Å². The summed E-state index contributed by atoms with van der Waals surface area (Å²) < 4.78 is 0. The summed E-state index contributed by atoms with van der Waals surface area (Å²) in [5.41, 5.74) is 5.40. The second-order valence-corrected chi connectivity index (χ2v) is 4.22.